The summed E-state index contributed by atoms with van der Waals surface area (Å²) in [6.07, 6.45) is 3.13. The first-order chi connectivity index (χ1) is 11.2. The van der Waals surface area contributed by atoms with E-state index in [1.165, 1.54) is 0 Å². The van der Waals surface area contributed by atoms with E-state index in [-0.39, 0.29) is 17.7 Å². The first-order valence-electron chi connectivity index (χ1n) is 7.33. The highest BCUT2D eigenvalue weighted by Crippen LogP contribution is 2.32. The SMILES string of the molecule is CC(NNC(=O)c1ccncc1)c1ccc2ccccc2c1O. The number of carbonyl (C=O) groups excluding carboxylic acids is 1. The molecular formula is C18H17N3O2. The average molecular weight is 307 g/mol. The number of carbonyl (C=O) groups is 1. The van der Waals surface area contributed by atoms with E-state index >= 15 is 0 Å². The number of aromatic nitrogens is 1. The lowest BCUT2D eigenvalue weighted by molar-refractivity contribution is 0.0926. The molecule has 0 saturated heterocycles. The largest absolute Gasteiger partial charge is 0.507 e. The molecule has 5 nitrogen and oxygen atoms in total. The van der Waals surface area contributed by atoms with Crippen LogP contribution in [0, 0.1) is 0 Å². The van der Waals surface area contributed by atoms with Crippen LogP contribution in [0.4, 0.5) is 0 Å². The number of phenolic OH excluding ortho intramolecular Hbond substituents is 1. The van der Waals surface area contributed by atoms with Gasteiger partial charge in [0.1, 0.15) is 5.75 Å². The normalized spacial score (nSPS) is 12.0. The molecule has 3 rings (SSSR count). The molecule has 23 heavy (non-hydrogen) atoms. The number of phenols is 1. The average Bonchev–Trinajstić information content (AvgIpc) is 2.60. The maximum Gasteiger partial charge on any atom is 0.265 e. The van der Waals surface area contributed by atoms with Gasteiger partial charge >= 0.3 is 0 Å². The Bertz CT molecular complexity index is 834. The summed E-state index contributed by atoms with van der Waals surface area (Å²) in [7, 11) is 0. The van der Waals surface area contributed by atoms with Gasteiger partial charge in [0.25, 0.3) is 5.91 Å². The Hall–Kier alpha value is -2.92. The van der Waals surface area contributed by atoms with Gasteiger partial charge < -0.3 is 5.11 Å². The lowest BCUT2D eigenvalue weighted by Gasteiger charge is -2.17. The monoisotopic (exact) mass is 307 g/mol. The van der Waals surface area contributed by atoms with Crippen molar-refractivity contribution in [1.82, 2.24) is 15.8 Å². The number of hydrazine groups is 1. The van der Waals surface area contributed by atoms with Crippen molar-refractivity contribution in [2.24, 2.45) is 0 Å². The van der Waals surface area contributed by atoms with Gasteiger partial charge in [0, 0.05) is 28.9 Å². The van der Waals surface area contributed by atoms with Crippen LogP contribution in [-0.2, 0) is 0 Å². The van der Waals surface area contributed by atoms with Crippen LogP contribution in [0.15, 0.2) is 60.9 Å². The van der Waals surface area contributed by atoms with Gasteiger partial charge in [-0.05, 0) is 24.4 Å². The summed E-state index contributed by atoms with van der Waals surface area (Å²) in [5.41, 5.74) is 6.80. The van der Waals surface area contributed by atoms with Crippen molar-refractivity contribution < 1.29 is 9.90 Å². The Morgan fingerprint density at radius 2 is 1.83 bits per heavy atom. The minimum Gasteiger partial charge on any atom is -0.507 e. The summed E-state index contributed by atoms with van der Waals surface area (Å²) in [5, 5.41) is 12.2. The number of benzene rings is 2. The molecule has 0 radical (unpaired) electrons. The zero-order chi connectivity index (χ0) is 16.2. The molecule has 116 valence electrons. The van der Waals surface area contributed by atoms with Crippen molar-refractivity contribution in [2.75, 3.05) is 0 Å². The van der Waals surface area contributed by atoms with Gasteiger partial charge in [0.15, 0.2) is 0 Å². The minimum atomic E-state index is -0.250. The fraction of sp³-hybridized carbons (Fsp3) is 0.111. The molecule has 0 aliphatic heterocycles. The molecule has 1 unspecified atom stereocenters. The van der Waals surface area contributed by atoms with Gasteiger partial charge in [-0.3, -0.25) is 15.2 Å². The van der Waals surface area contributed by atoms with Crippen molar-refractivity contribution >= 4 is 16.7 Å². The fourth-order valence-electron chi connectivity index (χ4n) is 2.45. The number of hydrogen-bond acceptors (Lipinski definition) is 4. The van der Waals surface area contributed by atoms with Crippen LogP contribution in [-0.4, -0.2) is 16.0 Å². The molecule has 0 aliphatic rings. The molecule has 2 aromatic carbocycles. The molecule has 1 amide bonds. The molecule has 3 N–H and O–H groups in total. The number of pyridine rings is 1. The molecule has 3 aromatic rings. The van der Waals surface area contributed by atoms with Gasteiger partial charge in [0.2, 0.25) is 0 Å². The Labute approximate surface area is 134 Å². The Morgan fingerprint density at radius 3 is 2.61 bits per heavy atom. The number of aromatic hydroxyl groups is 1. The number of nitrogens with zero attached hydrogens (tertiary/aromatic N) is 1. The Kier molecular flexibility index (Phi) is 4.21. The van der Waals surface area contributed by atoms with Crippen LogP contribution >= 0.6 is 0 Å². The van der Waals surface area contributed by atoms with Crippen molar-refractivity contribution in [3.8, 4) is 5.75 Å². The molecule has 0 bridgehead atoms. The molecule has 1 heterocycles. The second-order valence-corrected chi connectivity index (χ2v) is 5.28. The molecule has 0 aliphatic carbocycles. The van der Waals surface area contributed by atoms with E-state index in [9.17, 15) is 9.90 Å². The highest BCUT2D eigenvalue weighted by atomic mass is 16.3. The van der Waals surface area contributed by atoms with Gasteiger partial charge in [0.05, 0.1) is 6.04 Å². The molecule has 0 fully saturated rings. The van der Waals surface area contributed by atoms with Crippen LogP contribution in [0.1, 0.15) is 28.9 Å². The van der Waals surface area contributed by atoms with Crippen LogP contribution in [0.25, 0.3) is 10.8 Å². The van der Waals surface area contributed by atoms with Crippen molar-refractivity contribution in [3.63, 3.8) is 0 Å². The van der Waals surface area contributed by atoms with Crippen LogP contribution < -0.4 is 10.9 Å². The maximum atomic E-state index is 12.0. The van der Waals surface area contributed by atoms with E-state index in [1.807, 2.05) is 43.3 Å². The molecular weight excluding hydrogens is 290 g/mol. The molecule has 5 heteroatoms. The predicted molar refractivity (Wildman–Crippen MR) is 88.9 cm³/mol. The van der Waals surface area contributed by atoms with Gasteiger partial charge in [-0.2, -0.15) is 0 Å². The quantitative estimate of drug-likeness (QED) is 0.648. The topological polar surface area (TPSA) is 74.2 Å². The third-order valence-electron chi connectivity index (χ3n) is 3.74. The molecule has 1 atom stereocenters. The van der Waals surface area contributed by atoms with Crippen LogP contribution in [0.3, 0.4) is 0 Å². The van der Waals surface area contributed by atoms with Gasteiger partial charge in [-0.15, -0.1) is 0 Å². The number of rotatable bonds is 4. The van der Waals surface area contributed by atoms with E-state index in [1.54, 1.807) is 24.5 Å². The fourth-order valence-corrected chi connectivity index (χ4v) is 2.45. The number of fused-ring (bicyclic) bond motifs is 1. The number of amides is 1. The second kappa shape index (κ2) is 6.46. The van der Waals surface area contributed by atoms with Crippen molar-refractivity contribution in [2.45, 2.75) is 13.0 Å². The lowest BCUT2D eigenvalue weighted by atomic mass is 10.0. The zero-order valence-corrected chi connectivity index (χ0v) is 12.7. The van der Waals surface area contributed by atoms with Crippen LogP contribution in [0.2, 0.25) is 0 Å². The third kappa shape index (κ3) is 3.14. The van der Waals surface area contributed by atoms with E-state index in [0.717, 1.165) is 16.3 Å². The third-order valence-corrected chi connectivity index (χ3v) is 3.74. The molecule has 0 spiro atoms. The Balaban J connectivity index is 1.75. The molecule has 0 saturated carbocycles. The smallest absolute Gasteiger partial charge is 0.265 e. The van der Waals surface area contributed by atoms with Crippen molar-refractivity contribution in [1.29, 1.82) is 0 Å². The maximum absolute atomic E-state index is 12.0. The summed E-state index contributed by atoms with van der Waals surface area (Å²) >= 11 is 0. The summed E-state index contributed by atoms with van der Waals surface area (Å²) in [4.78, 5) is 15.9. The summed E-state index contributed by atoms with van der Waals surface area (Å²) in [5.74, 6) is -0.0270. The first-order valence-corrected chi connectivity index (χ1v) is 7.33. The van der Waals surface area contributed by atoms with Gasteiger partial charge in [-0.25, -0.2) is 5.43 Å². The highest BCUT2D eigenvalue weighted by molar-refractivity contribution is 5.93. The zero-order valence-electron chi connectivity index (χ0n) is 12.7. The molecule has 1 aromatic heterocycles. The van der Waals surface area contributed by atoms with Crippen LogP contribution in [0.5, 0.6) is 5.75 Å². The number of hydrogen-bond donors (Lipinski definition) is 3. The summed E-state index contributed by atoms with van der Waals surface area (Å²) in [6.45, 7) is 1.87. The van der Waals surface area contributed by atoms with E-state index in [4.69, 9.17) is 0 Å². The first kappa shape index (κ1) is 15.0. The van der Waals surface area contributed by atoms with E-state index in [0.29, 0.717) is 5.56 Å². The van der Waals surface area contributed by atoms with E-state index in [2.05, 4.69) is 15.8 Å². The summed E-state index contributed by atoms with van der Waals surface area (Å²) in [6, 6.07) is 14.5. The lowest BCUT2D eigenvalue weighted by Crippen LogP contribution is -2.39. The summed E-state index contributed by atoms with van der Waals surface area (Å²) < 4.78 is 0. The number of nitrogens with one attached hydrogen (secondary N) is 2. The van der Waals surface area contributed by atoms with E-state index < -0.39 is 0 Å². The Morgan fingerprint density at radius 1 is 1.09 bits per heavy atom. The van der Waals surface area contributed by atoms with Gasteiger partial charge in [-0.1, -0.05) is 36.4 Å². The van der Waals surface area contributed by atoms with Crippen molar-refractivity contribution in [3.05, 3.63) is 72.1 Å². The predicted octanol–water partition coefficient (Wildman–Crippen LogP) is 2.94. The standard InChI is InChI=1S/C18H17N3O2/c1-12(20-21-18(23)14-8-10-19-11-9-14)15-7-6-13-4-2-3-5-16(13)17(15)22/h2-12,20,22H,1H3,(H,21,23). The highest BCUT2D eigenvalue weighted by Gasteiger charge is 2.14. The minimum absolute atomic E-state index is 0.223. The second-order valence-electron chi connectivity index (χ2n) is 5.28.